The molecule has 0 amide bonds. The molecule has 7 aromatic rings. The third-order valence-corrected chi connectivity index (χ3v) is 7.21. The molecule has 0 atom stereocenters. The van der Waals surface area contributed by atoms with E-state index in [0.29, 0.717) is 11.5 Å². The van der Waals surface area contributed by atoms with Crippen LogP contribution >= 0.6 is 0 Å². The van der Waals surface area contributed by atoms with Crippen molar-refractivity contribution in [1.82, 2.24) is 9.97 Å². The molecule has 2 aromatic heterocycles. The molecule has 0 saturated carbocycles. The number of hydrogen-bond acceptors (Lipinski definition) is 3. The zero-order valence-electron chi connectivity index (χ0n) is 23.6. The Morgan fingerprint density at radius 2 is 0.864 bits per heavy atom. The average Bonchev–Trinajstić information content (AvgIpc) is 3.09. The van der Waals surface area contributed by atoms with Gasteiger partial charge in [0.15, 0.2) is 0 Å². The van der Waals surface area contributed by atoms with Crippen LogP contribution in [0.2, 0.25) is 0 Å². The van der Waals surface area contributed by atoms with E-state index in [4.69, 9.17) is 9.72 Å². The molecule has 5 aromatic carbocycles. The first kappa shape index (κ1) is 29.0. The quantitative estimate of drug-likeness (QED) is 0.153. The summed E-state index contributed by atoms with van der Waals surface area (Å²) in [6.45, 7) is 0. The Labute approximate surface area is 272 Å². The Balaban J connectivity index is 0.00000343. The van der Waals surface area contributed by atoms with E-state index in [1.54, 1.807) is 6.20 Å². The van der Waals surface area contributed by atoms with E-state index in [0.717, 1.165) is 55.9 Å². The van der Waals surface area contributed by atoms with Crippen molar-refractivity contribution >= 4 is 0 Å². The molecule has 7 rings (SSSR count). The zero-order chi connectivity index (χ0) is 28.8. The molecular formula is C40H26N2OPt. The Morgan fingerprint density at radius 1 is 0.386 bits per heavy atom. The van der Waals surface area contributed by atoms with Crippen molar-refractivity contribution in [3.05, 3.63) is 170 Å². The Morgan fingerprint density at radius 3 is 1.39 bits per heavy atom. The van der Waals surface area contributed by atoms with Gasteiger partial charge in [-0.15, -0.1) is 23.3 Å². The topological polar surface area (TPSA) is 35.0 Å². The van der Waals surface area contributed by atoms with Gasteiger partial charge in [-0.25, -0.2) is 0 Å². The number of hydrogen-bond donors (Lipinski definition) is 0. The van der Waals surface area contributed by atoms with Gasteiger partial charge < -0.3 is 14.7 Å². The van der Waals surface area contributed by atoms with E-state index >= 15 is 0 Å². The van der Waals surface area contributed by atoms with Gasteiger partial charge in [-0.05, 0) is 45.8 Å². The van der Waals surface area contributed by atoms with Crippen molar-refractivity contribution in [3.63, 3.8) is 0 Å². The van der Waals surface area contributed by atoms with E-state index in [1.807, 2.05) is 97.2 Å². The molecule has 0 saturated heterocycles. The standard InChI is InChI=1S/C40H26N2O.Pt/c1-4-12-29(13-5-1)32-19-21-42-40(28-32)36-23-34(31-16-8-3-9-17-31)25-38(27-36)43-37-24-33(30-14-6-2-7-15-30)22-35(26-37)39-18-10-11-20-41-39;/h1-25,28H;/q-2;+2. The summed E-state index contributed by atoms with van der Waals surface area (Å²) in [7, 11) is 0. The molecule has 0 unspecified atom stereocenters. The van der Waals surface area contributed by atoms with Crippen LogP contribution in [0.1, 0.15) is 0 Å². The molecule has 0 aliphatic carbocycles. The van der Waals surface area contributed by atoms with Gasteiger partial charge >= 0.3 is 21.1 Å². The van der Waals surface area contributed by atoms with Crippen LogP contribution < -0.4 is 4.74 Å². The third-order valence-electron chi connectivity index (χ3n) is 7.21. The summed E-state index contributed by atoms with van der Waals surface area (Å²) in [5, 5.41) is 0. The molecule has 2 heterocycles. The van der Waals surface area contributed by atoms with Gasteiger partial charge in [0, 0.05) is 23.9 Å². The minimum absolute atomic E-state index is 0. The van der Waals surface area contributed by atoms with Crippen molar-refractivity contribution in [2.75, 3.05) is 0 Å². The molecule has 0 N–H and O–H groups in total. The Bertz CT molecular complexity index is 1920. The maximum atomic E-state index is 6.58. The number of pyridine rings is 2. The van der Waals surface area contributed by atoms with Gasteiger partial charge in [0.1, 0.15) is 0 Å². The van der Waals surface area contributed by atoms with E-state index in [-0.39, 0.29) is 21.1 Å². The number of rotatable bonds is 7. The largest absolute Gasteiger partial charge is 2.00 e. The molecule has 0 aliphatic heterocycles. The molecule has 0 fully saturated rings. The second kappa shape index (κ2) is 13.5. The first-order valence-corrected chi connectivity index (χ1v) is 14.2. The fourth-order valence-corrected chi connectivity index (χ4v) is 5.10. The van der Waals surface area contributed by atoms with Crippen molar-refractivity contribution in [2.24, 2.45) is 0 Å². The first-order valence-electron chi connectivity index (χ1n) is 14.2. The van der Waals surface area contributed by atoms with Crippen LogP contribution in [0.3, 0.4) is 0 Å². The van der Waals surface area contributed by atoms with E-state index in [9.17, 15) is 0 Å². The van der Waals surface area contributed by atoms with Gasteiger partial charge in [0.25, 0.3) is 0 Å². The fraction of sp³-hybridized carbons (Fsp3) is 0. The summed E-state index contributed by atoms with van der Waals surface area (Å²) >= 11 is 0. The summed E-state index contributed by atoms with van der Waals surface area (Å²) in [6.07, 6.45) is 3.64. The van der Waals surface area contributed by atoms with E-state index in [1.165, 1.54) is 0 Å². The van der Waals surface area contributed by atoms with Gasteiger partial charge in [0.05, 0.1) is 0 Å². The predicted octanol–water partition coefficient (Wildman–Crippen LogP) is 10.2. The number of aromatic nitrogens is 2. The molecule has 0 bridgehead atoms. The second-order valence-electron chi connectivity index (χ2n) is 10.1. The molecule has 212 valence electrons. The monoisotopic (exact) mass is 745 g/mol. The fourth-order valence-electron chi connectivity index (χ4n) is 5.10. The number of benzene rings is 5. The van der Waals surface area contributed by atoms with Gasteiger partial charge in [0.2, 0.25) is 0 Å². The normalized spacial score (nSPS) is 10.5. The predicted molar refractivity (Wildman–Crippen MR) is 173 cm³/mol. The van der Waals surface area contributed by atoms with Crippen molar-refractivity contribution in [1.29, 1.82) is 0 Å². The van der Waals surface area contributed by atoms with E-state index < -0.39 is 0 Å². The van der Waals surface area contributed by atoms with E-state index in [2.05, 4.69) is 71.7 Å². The maximum Gasteiger partial charge on any atom is 2.00 e. The summed E-state index contributed by atoms with van der Waals surface area (Å²) in [5.74, 6) is 1.16. The van der Waals surface area contributed by atoms with Gasteiger partial charge in [-0.2, -0.15) is 0 Å². The van der Waals surface area contributed by atoms with Crippen LogP contribution in [0.25, 0.3) is 55.9 Å². The van der Waals surface area contributed by atoms with Crippen LogP contribution in [-0.2, 0) is 21.1 Å². The molecular weight excluding hydrogens is 720 g/mol. The molecule has 3 nitrogen and oxygen atoms in total. The zero-order valence-corrected chi connectivity index (χ0v) is 25.9. The van der Waals surface area contributed by atoms with Crippen LogP contribution in [0, 0.1) is 12.1 Å². The first-order chi connectivity index (χ1) is 21.3. The van der Waals surface area contributed by atoms with Crippen LogP contribution in [-0.4, -0.2) is 9.97 Å². The Kier molecular flexibility index (Phi) is 8.87. The Hall–Kier alpha value is -5.11. The SMILES string of the molecule is [Pt+2].[c-]1c(Oc2[c-]c(-c3cc(-c4ccccc4)ccn3)cc(-c3ccccc3)c2)cc(-c2ccccc2)cc1-c1ccccn1. The molecule has 4 heteroatoms. The van der Waals surface area contributed by atoms with Gasteiger partial charge in [-0.1, -0.05) is 145 Å². The minimum atomic E-state index is 0. The van der Waals surface area contributed by atoms with Crippen LogP contribution in [0.5, 0.6) is 11.5 Å². The van der Waals surface area contributed by atoms with Crippen molar-refractivity contribution in [3.8, 4) is 67.4 Å². The minimum Gasteiger partial charge on any atom is -0.497 e. The summed E-state index contributed by atoms with van der Waals surface area (Å²) in [4.78, 5) is 9.29. The summed E-state index contributed by atoms with van der Waals surface area (Å²) < 4.78 is 6.58. The smallest absolute Gasteiger partial charge is 0.497 e. The number of nitrogens with zero attached hydrogens (tertiary/aromatic N) is 2. The summed E-state index contributed by atoms with van der Waals surface area (Å²) in [5.41, 5.74) is 9.78. The van der Waals surface area contributed by atoms with Gasteiger partial charge in [-0.3, -0.25) is 0 Å². The molecule has 44 heavy (non-hydrogen) atoms. The molecule has 0 spiro atoms. The van der Waals surface area contributed by atoms with Crippen molar-refractivity contribution in [2.45, 2.75) is 0 Å². The van der Waals surface area contributed by atoms with Crippen LogP contribution in [0.15, 0.2) is 158 Å². The second-order valence-corrected chi connectivity index (χ2v) is 10.1. The number of ether oxygens (including phenoxy) is 1. The average molecular weight is 746 g/mol. The summed E-state index contributed by atoms with van der Waals surface area (Å²) in [6, 6.07) is 56.1. The molecule has 0 aliphatic rings. The third kappa shape index (κ3) is 6.59. The van der Waals surface area contributed by atoms with Crippen LogP contribution in [0.4, 0.5) is 0 Å². The maximum absolute atomic E-state index is 6.58. The molecule has 0 radical (unpaired) electrons. The van der Waals surface area contributed by atoms with Crippen molar-refractivity contribution < 1.29 is 25.8 Å².